The van der Waals surface area contributed by atoms with E-state index in [1.807, 2.05) is 24.3 Å². The lowest BCUT2D eigenvalue weighted by atomic mass is 10.0. The van der Waals surface area contributed by atoms with E-state index in [0.717, 1.165) is 5.56 Å². The fraction of sp³-hybridized carbons (Fsp3) is 0.462. The monoisotopic (exact) mass is 250 g/mol. The Kier molecular flexibility index (Phi) is 4.17. The third-order valence-electron chi connectivity index (χ3n) is 2.99. The lowest BCUT2D eigenvalue weighted by Gasteiger charge is -2.21. The van der Waals surface area contributed by atoms with Crippen molar-refractivity contribution in [3.63, 3.8) is 0 Å². The SMILES string of the molecule is CNCC(=O)NC1CCOc2ccccc2C1O. The molecule has 1 aliphatic heterocycles. The van der Waals surface area contributed by atoms with Crippen LogP contribution in [0.4, 0.5) is 0 Å². The van der Waals surface area contributed by atoms with Crippen LogP contribution in [0.1, 0.15) is 18.1 Å². The summed E-state index contributed by atoms with van der Waals surface area (Å²) in [5.41, 5.74) is 0.727. The number of hydrogen-bond donors (Lipinski definition) is 3. The molecule has 0 bridgehead atoms. The number of carbonyl (C=O) groups excluding carboxylic acids is 1. The highest BCUT2D eigenvalue weighted by Gasteiger charge is 2.27. The van der Waals surface area contributed by atoms with Crippen LogP contribution in [0.3, 0.4) is 0 Å². The van der Waals surface area contributed by atoms with Crippen molar-refractivity contribution in [3.8, 4) is 5.75 Å². The molecule has 0 saturated carbocycles. The smallest absolute Gasteiger partial charge is 0.234 e. The van der Waals surface area contributed by atoms with Gasteiger partial charge in [0.2, 0.25) is 5.91 Å². The number of aliphatic hydroxyl groups is 1. The standard InChI is InChI=1S/C13H18N2O3/c1-14-8-12(16)15-10-6-7-18-11-5-3-2-4-9(11)13(10)17/h2-5,10,13-14,17H,6-8H2,1H3,(H,15,16). The molecule has 5 heteroatoms. The van der Waals surface area contributed by atoms with Crippen molar-refractivity contribution >= 4 is 5.91 Å². The second-order valence-electron chi connectivity index (χ2n) is 4.32. The summed E-state index contributed by atoms with van der Waals surface area (Å²) < 4.78 is 5.56. The lowest BCUT2D eigenvalue weighted by molar-refractivity contribution is -0.121. The first-order valence-electron chi connectivity index (χ1n) is 6.06. The second kappa shape index (κ2) is 5.84. The van der Waals surface area contributed by atoms with Gasteiger partial charge in [0, 0.05) is 12.0 Å². The van der Waals surface area contributed by atoms with Gasteiger partial charge < -0.3 is 20.5 Å². The van der Waals surface area contributed by atoms with E-state index in [9.17, 15) is 9.90 Å². The molecule has 2 rings (SSSR count). The largest absolute Gasteiger partial charge is 0.493 e. The molecule has 2 atom stereocenters. The number of fused-ring (bicyclic) bond motifs is 1. The van der Waals surface area contributed by atoms with Gasteiger partial charge in [0.25, 0.3) is 0 Å². The molecule has 5 nitrogen and oxygen atoms in total. The molecular formula is C13H18N2O3. The minimum atomic E-state index is -0.732. The van der Waals surface area contributed by atoms with Crippen LogP contribution >= 0.6 is 0 Å². The first kappa shape index (κ1) is 12.9. The number of para-hydroxylation sites is 1. The van der Waals surface area contributed by atoms with Crippen molar-refractivity contribution in [2.75, 3.05) is 20.2 Å². The van der Waals surface area contributed by atoms with Gasteiger partial charge in [-0.25, -0.2) is 0 Å². The molecule has 1 aromatic rings. The number of carbonyl (C=O) groups is 1. The summed E-state index contributed by atoms with van der Waals surface area (Å²) in [5.74, 6) is 0.566. The summed E-state index contributed by atoms with van der Waals surface area (Å²) in [7, 11) is 1.71. The molecule has 3 N–H and O–H groups in total. The van der Waals surface area contributed by atoms with Gasteiger partial charge in [0.15, 0.2) is 0 Å². The molecule has 0 aliphatic carbocycles. The molecule has 2 unspecified atom stereocenters. The Morgan fingerprint density at radius 2 is 2.28 bits per heavy atom. The highest BCUT2D eigenvalue weighted by molar-refractivity contribution is 5.78. The third-order valence-corrected chi connectivity index (χ3v) is 2.99. The Morgan fingerprint density at radius 3 is 3.06 bits per heavy atom. The van der Waals surface area contributed by atoms with E-state index < -0.39 is 6.10 Å². The van der Waals surface area contributed by atoms with Gasteiger partial charge in [0.1, 0.15) is 11.9 Å². The minimum Gasteiger partial charge on any atom is -0.493 e. The summed E-state index contributed by atoms with van der Waals surface area (Å²) in [6.45, 7) is 0.726. The number of rotatable bonds is 3. The first-order valence-corrected chi connectivity index (χ1v) is 6.06. The van der Waals surface area contributed by atoms with Crippen LogP contribution in [0.25, 0.3) is 0 Å². The number of ether oxygens (including phenoxy) is 1. The molecule has 1 amide bonds. The number of amides is 1. The maximum absolute atomic E-state index is 11.6. The van der Waals surface area contributed by atoms with Crippen molar-refractivity contribution in [3.05, 3.63) is 29.8 Å². The lowest BCUT2D eigenvalue weighted by Crippen LogP contribution is -2.43. The van der Waals surface area contributed by atoms with Crippen LogP contribution in [-0.2, 0) is 4.79 Å². The maximum atomic E-state index is 11.6. The topological polar surface area (TPSA) is 70.6 Å². The highest BCUT2D eigenvalue weighted by Crippen LogP contribution is 2.31. The fourth-order valence-corrected chi connectivity index (χ4v) is 2.10. The third kappa shape index (κ3) is 2.80. The molecule has 0 aromatic heterocycles. The summed E-state index contributed by atoms with van der Waals surface area (Å²) in [5, 5.41) is 15.9. The number of likely N-dealkylation sites (N-methyl/N-ethyl adjacent to an activating group) is 1. The average Bonchev–Trinajstić information content (AvgIpc) is 2.51. The molecule has 1 aromatic carbocycles. The molecular weight excluding hydrogens is 232 g/mol. The quantitative estimate of drug-likeness (QED) is 0.717. The zero-order chi connectivity index (χ0) is 13.0. The molecule has 0 spiro atoms. The van der Waals surface area contributed by atoms with Crippen molar-refractivity contribution < 1.29 is 14.6 Å². The van der Waals surface area contributed by atoms with Crippen molar-refractivity contribution in [1.29, 1.82) is 0 Å². The summed E-state index contributed by atoms with van der Waals surface area (Å²) in [6.07, 6.45) is -0.143. The van der Waals surface area contributed by atoms with E-state index >= 15 is 0 Å². The van der Waals surface area contributed by atoms with Crippen molar-refractivity contribution in [2.24, 2.45) is 0 Å². The van der Waals surface area contributed by atoms with Crippen LogP contribution in [-0.4, -0.2) is 37.3 Å². The number of benzene rings is 1. The van der Waals surface area contributed by atoms with Crippen LogP contribution in [0.2, 0.25) is 0 Å². The van der Waals surface area contributed by atoms with E-state index in [1.54, 1.807) is 7.05 Å². The Morgan fingerprint density at radius 1 is 1.50 bits per heavy atom. The molecule has 0 saturated heterocycles. The maximum Gasteiger partial charge on any atom is 0.234 e. The fourth-order valence-electron chi connectivity index (χ4n) is 2.10. The van der Waals surface area contributed by atoms with Crippen molar-refractivity contribution in [1.82, 2.24) is 10.6 Å². The molecule has 1 aliphatic rings. The van der Waals surface area contributed by atoms with Gasteiger partial charge in [-0.3, -0.25) is 4.79 Å². The molecule has 0 fully saturated rings. The summed E-state index contributed by atoms with van der Waals surface area (Å²) >= 11 is 0. The van der Waals surface area contributed by atoms with Crippen LogP contribution in [0, 0.1) is 0 Å². The Balaban J connectivity index is 2.12. The van der Waals surface area contributed by atoms with Gasteiger partial charge in [-0.05, 0) is 13.1 Å². The van der Waals surface area contributed by atoms with Gasteiger partial charge in [-0.15, -0.1) is 0 Å². The van der Waals surface area contributed by atoms with Gasteiger partial charge >= 0.3 is 0 Å². The Labute approximate surface area is 106 Å². The van der Waals surface area contributed by atoms with E-state index in [2.05, 4.69) is 10.6 Å². The molecule has 0 radical (unpaired) electrons. The predicted molar refractivity (Wildman–Crippen MR) is 67.4 cm³/mol. The van der Waals surface area contributed by atoms with E-state index in [-0.39, 0.29) is 18.5 Å². The number of aliphatic hydroxyl groups excluding tert-OH is 1. The van der Waals surface area contributed by atoms with Crippen molar-refractivity contribution in [2.45, 2.75) is 18.6 Å². The zero-order valence-corrected chi connectivity index (χ0v) is 10.3. The van der Waals surface area contributed by atoms with Crippen LogP contribution in [0.5, 0.6) is 5.75 Å². The first-order chi connectivity index (χ1) is 8.72. The predicted octanol–water partition coefficient (Wildman–Crippen LogP) is 0.207. The van der Waals surface area contributed by atoms with E-state index in [0.29, 0.717) is 18.8 Å². The summed E-state index contributed by atoms with van der Waals surface area (Å²) in [6, 6.07) is 7.06. The molecule has 18 heavy (non-hydrogen) atoms. The normalized spacial score (nSPS) is 22.6. The second-order valence-corrected chi connectivity index (χ2v) is 4.32. The summed E-state index contributed by atoms with van der Waals surface area (Å²) in [4.78, 5) is 11.6. The highest BCUT2D eigenvalue weighted by atomic mass is 16.5. The van der Waals surface area contributed by atoms with Crippen LogP contribution < -0.4 is 15.4 Å². The number of nitrogens with one attached hydrogen (secondary N) is 2. The average molecular weight is 250 g/mol. The minimum absolute atomic E-state index is 0.124. The van der Waals surface area contributed by atoms with Gasteiger partial charge in [-0.1, -0.05) is 18.2 Å². The van der Waals surface area contributed by atoms with E-state index in [4.69, 9.17) is 4.74 Å². The van der Waals surface area contributed by atoms with Gasteiger partial charge in [0.05, 0.1) is 19.2 Å². The number of hydrogen-bond acceptors (Lipinski definition) is 4. The zero-order valence-electron chi connectivity index (χ0n) is 10.3. The molecule has 98 valence electrons. The molecule has 1 heterocycles. The Bertz CT molecular complexity index is 422. The Hall–Kier alpha value is -1.59. The van der Waals surface area contributed by atoms with E-state index in [1.165, 1.54) is 0 Å². The van der Waals surface area contributed by atoms with Crippen LogP contribution in [0.15, 0.2) is 24.3 Å². The van der Waals surface area contributed by atoms with Gasteiger partial charge in [-0.2, -0.15) is 0 Å².